The van der Waals surface area contributed by atoms with E-state index >= 15 is 0 Å². The summed E-state index contributed by atoms with van der Waals surface area (Å²) < 4.78 is 5.54. The summed E-state index contributed by atoms with van der Waals surface area (Å²) in [5, 5.41) is 4.23. The SMILES string of the molecule is COc1c(C)cc(C)c(Cl)c1CCN1CCNCC1. The first-order valence-corrected chi connectivity index (χ1v) is 7.27. The van der Waals surface area contributed by atoms with E-state index in [1.54, 1.807) is 7.11 Å². The summed E-state index contributed by atoms with van der Waals surface area (Å²) in [6.07, 6.45) is 0.949. The van der Waals surface area contributed by atoms with Gasteiger partial charge in [-0.1, -0.05) is 17.7 Å². The monoisotopic (exact) mass is 282 g/mol. The zero-order valence-electron chi connectivity index (χ0n) is 12.1. The minimum Gasteiger partial charge on any atom is -0.496 e. The predicted octanol–water partition coefficient (Wildman–Crippen LogP) is 2.41. The van der Waals surface area contributed by atoms with Crippen molar-refractivity contribution in [3.8, 4) is 5.75 Å². The van der Waals surface area contributed by atoms with Gasteiger partial charge in [0.2, 0.25) is 0 Å². The fourth-order valence-corrected chi connectivity index (χ4v) is 2.98. The molecule has 0 unspecified atom stereocenters. The minimum absolute atomic E-state index is 0.859. The van der Waals surface area contributed by atoms with Crippen LogP contribution in [0.15, 0.2) is 6.07 Å². The molecular formula is C15H23ClN2O. The van der Waals surface area contributed by atoms with Gasteiger partial charge >= 0.3 is 0 Å². The second-order valence-electron chi connectivity index (χ2n) is 5.18. The molecule has 0 aliphatic carbocycles. The van der Waals surface area contributed by atoms with Gasteiger partial charge in [0.25, 0.3) is 0 Å². The Morgan fingerprint density at radius 2 is 1.95 bits per heavy atom. The third kappa shape index (κ3) is 3.41. The summed E-state index contributed by atoms with van der Waals surface area (Å²) in [6, 6.07) is 2.09. The van der Waals surface area contributed by atoms with Crippen molar-refractivity contribution in [2.75, 3.05) is 39.8 Å². The summed E-state index contributed by atoms with van der Waals surface area (Å²) >= 11 is 6.46. The maximum Gasteiger partial charge on any atom is 0.126 e. The summed E-state index contributed by atoms with van der Waals surface area (Å²) in [5.41, 5.74) is 3.45. The number of nitrogens with one attached hydrogen (secondary N) is 1. The molecule has 3 nitrogen and oxygen atoms in total. The van der Waals surface area contributed by atoms with Crippen LogP contribution >= 0.6 is 11.6 Å². The van der Waals surface area contributed by atoms with Crippen molar-refractivity contribution in [1.82, 2.24) is 10.2 Å². The van der Waals surface area contributed by atoms with Crippen LogP contribution in [-0.2, 0) is 6.42 Å². The number of rotatable bonds is 4. The highest BCUT2D eigenvalue weighted by Crippen LogP contribution is 2.33. The molecule has 0 bridgehead atoms. The van der Waals surface area contributed by atoms with Gasteiger partial charge in [0.05, 0.1) is 12.1 Å². The molecule has 1 fully saturated rings. The molecule has 1 saturated heterocycles. The highest BCUT2D eigenvalue weighted by atomic mass is 35.5. The van der Waals surface area contributed by atoms with Crippen LogP contribution in [0.4, 0.5) is 0 Å². The van der Waals surface area contributed by atoms with Crippen LogP contribution in [0.2, 0.25) is 5.02 Å². The van der Waals surface area contributed by atoms with E-state index in [0.29, 0.717) is 0 Å². The van der Waals surface area contributed by atoms with E-state index in [4.69, 9.17) is 16.3 Å². The Bertz CT molecular complexity index is 442. The number of ether oxygens (including phenoxy) is 1. The number of piperazine rings is 1. The molecule has 106 valence electrons. The van der Waals surface area contributed by atoms with Gasteiger partial charge in [0.15, 0.2) is 0 Å². The summed E-state index contributed by atoms with van der Waals surface area (Å²) in [4.78, 5) is 2.48. The van der Waals surface area contributed by atoms with E-state index in [0.717, 1.165) is 61.0 Å². The highest BCUT2D eigenvalue weighted by Gasteiger charge is 2.16. The first kappa shape index (κ1) is 14.6. The molecule has 0 amide bonds. The van der Waals surface area contributed by atoms with Gasteiger partial charge in [-0.05, 0) is 31.4 Å². The molecule has 1 aromatic rings. The predicted molar refractivity (Wildman–Crippen MR) is 80.5 cm³/mol. The van der Waals surface area contributed by atoms with Crippen molar-refractivity contribution in [3.05, 3.63) is 27.8 Å². The van der Waals surface area contributed by atoms with Crippen molar-refractivity contribution < 1.29 is 4.74 Å². The molecule has 0 saturated carbocycles. The number of methoxy groups -OCH3 is 1. The summed E-state index contributed by atoms with van der Waals surface area (Å²) in [6.45, 7) is 9.57. The maximum atomic E-state index is 6.46. The molecular weight excluding hydrogens is 260 g/mol. The van der Waals surface area contributed by atoms with E-state index in [2.05, 4.69) is 30.1 Å². The van der Waals surface area contributed by atoms with Crippen LogP contribution in [0.25, 0.3) is 0 Å². The molecule has 0 radical (unpaired) electrons. The number of halogens is 1. The lowest BCUT2D eigenvalue weighted by Crippen LogP contribution is -2.44. The van der Waals surface area contributed by atoms with Crippen LogP contribution in [0.3, 0.4) is 0 Å². The maximum absolute atomic E-state index is 6.46. The van der Waals surface area contributed by atoms with Gasteiger partial charge in [0, 0.05) is 38.3 Å². The largest absolute Gasteiger partial charge is 0.496 e. The molecule has 1 aliphatic heterocycles. The normalized spacial score (nSPS) is 16.6. The van der Waals surface area contributed by atoms with E-state index in [1.807, 2.05) is 0 Å². The van der Waals surface area contributed by atoms with Gasteiger partial charge in [-0.15, -0.1) is 0 Å². The van der Waals surface area contributed by atoms with Gasteiger partial charge in [-0.3, -0.25) is 0 Å². The smallest absolute Gasteiger partial charge is 0.126 e. The van der Waals surface area contributed by atoms with Gasteiger partial charge < -0.3 is 15.0 Å². The molecule has 1 aromatic carbocycles. The zero-order valence-corrected chi connectivity index (χ0v) is 12.8. The molecule has 2 rings (SSSR count). The van der Waals surface area contributed by atoms with Crippen molar-refractivity contribution in [3.63, 3.8) is 0 Å². The molecule has 19 heavy (non-hydrogen) atoms. The van der Waals surface area contributed by atoms with Crippen molar-refractivity contribution in [2.45, 2.75) is 20.3 Å². The molecule has 0 atom stereocenters. The van der Waals surface area contributed by atoms with Crippen molar-refractivity contribution in [1.29, 1.82) is 0 Å². The summed E-state index contributed by atoms with van der Waals surface area (Å²) in [5.74, 6) is 0.950. The molecule has 0 aromatic heterocycles. The van der Waals surface area contributed by atoms with Crippen molar-refractivity contribution in [2.24, 2.45) is 0 Å². The standard InChI is InChI=1S/C15H23ClN2O/c1-11-10-12(2)15(19-3)13(14(11)16)4-7-18-8-5-17-6-9-18/h10,17H,4-9H2,1-3H3. The Labute approximate surface area is 120 Å². The number of benzene rings is 1. The van der Waals surface area contributed by atoms with E-state index in [-0.39, 0.29) is 0 Å². The van der Waals surface area contributed by atoms with E-state index < -0.39 is 0 Å². The number of hydrogen-bond donors (Lipinski definition) is 1. The van der Waals surface area contributed by atoms with Crippen LogP contribution in [-0.4, -0.2) is 44.7 Å². The second-order valence-corrected chi connectivity index (χ2v) is 5.56. The van der Waals surface area contributed by atoms with E-state index in [9.17, 15) is 0 Å². The Kier molecular flexibility index (Phi) is 5.08. The van der Waals surface area contributed by atoms with Crippen LogP contribution in [0.5, 0.6) is 5.75 Å². The number of hydrogen-bond acceptors (Lipinski definition) is 3. The minimum atomic E-state index is 0.859. The van der Waals surface area contributed by atoms with Crippen molar-refractivity contribution >= 4 is 11.6 Å². The Balaban J connectivity index is 2.13. The van der Waals surface area contributed by atoms with Crippen LogP contribution < -0.4 is 10.1 Å². The van der Waals surface area contributed by atoms with Gasteiger partial charge in [-0.2, -0.15) is 0 Å². The lowest BCUT2D eigenvalue weighted by Gasteiger charge is -2.27. The zero-order chi connectivity index (χ0) is 13.8. The Morgan fingerprint density at radius 3 is 2.58 bits per heavy atom. The second kappa shape index (κ2) is 6.60. The first-order chi connectivity index (χ1) is 9.13. The first-order valence-electron chi connectivity index (χ1n) is 6.89. The topological polar surface area (TPSA) is 24.5 Å². The van der Waals surface area contributed by atoms with E-state index in [1.165, 1.54) is 5.56 Å². The van der Waals surface area contributed by atoms with Gasteiger partial charge in [-0.25, -0.2) is 0 Å². The molecule has 4 heteroatoms. The highest BCUT2D eigenvalue weighted by molar-refractivity contribution is 6.32. The molecule has 1 heterocycles. The molecule has 1 aliphatic rings. The fourth-order valence-electron chi connectivity index (χ4n) is 2.74. The average molecular weight is 283 g/mol. The number of aryl methyl sites for hydroxylation is 2. The molecule has 0 spiro atoms. The summed E-state index contributed by atoms with van der Waals surface area (Å²) in [7, 11) is 1.72. The fraction of sp³-hybridized carbons (Fsp3) is 0.600. The molecule has 1 N–H and O–H groups in total. The van der Waals surface area contributed by atoms with Crippen LogP contribution in [0, 0.1) is 13.8 Å². The Hall–Kier alpha value is -0.770. The lowest BCUT2D eigenvalue weighted by atomic mass is 10.0. The van der Waals surface area contributed by atoms with Crippen LogP contribution in [0.1, 0.15) is 16.7 Å². The third-order valence-electron chi connectivity index (χ3n) is 3.77. The lowest BCUT2D eigenvalue weighted by molar-refractivity contribution is 0.243. The van der Waals surface area contributed by atoms with Gasteiger partial charge in [0.1, 0.15) is 5.75 Å². The average Bonchev–Trinajstić information content (AvgIpc) is 2.42. The Morgan fingerprint density at radius 1 is 1.26 bits per heavy atom. The number of nitrogens with zero attached hydrogens (tertiary/aromatic N) is 1. The third-order valence-corrected chi connectivity index (χ3v) is 4.29. The quantitative estimate of drug-likeness (QED) is 0.918.